The first-order chi connectivity index (χ1) is 10.3. The number of likely N-dealkylation sites (tertiary alicyclic amines) is 2. The average Bonchev–Trinajstić information content (AvgIpc) is 3.09. The molecule has 114 valence electrons. The van der Waals surface area contributed by atoms with Crippen LogP contribution in [-0.2, 0) is 4.79 Å². The Kier molecular flexibility index (Phi) is 4.59. The summed E-state index contributed by atoms with van der Waals surface area (Å²) < 4.78 is 0. The molecule has 2 heterocycles. The smallest absolute Gasteiger partial charge is 0.239 e. The van der Waals surface area contributed by atoms with Crippen molar-refractivity contribution in [3.8, 4) is 0 Å². The fourth-order valence-corrected chi connectivity index (χ4v) is 3.70. The molecule has 0 spiro atoms. The van der Waals surface area contributed by atoms with Crippen LogP contribution in [0.15, 0.2) is 30.3 Å². The summed E-state index contributed by atoms with van der Waals surface area (Å²) in [5, 5.41) is 0. The van der Waals surface area contributed by atoms with Gasteiger partial charge >= 0.3 is 0 Å². The quantitative estimate of drug-likeness (QED) is 0.853. The molecule has 2 aliphatic rings. The van der Waals surface area contributed by atoms with Gasteiger partial charge in [0.05, 0.1) is 6.04 Å². The van der Waals surface area contributed by atoms with Crippen molar-refractivity contribution in [2.75, 3.05) is 26.2 Å². The summed E-state index contributed by atoms with van der Waals surface area (Å²) in [6.45, 7) is 6.09. The maximum Gasteiger partial charge on any atom is 0.239 e. The van der Waals surface area contributed by atoms with Gasteiger partial charge in [-0.2, -0.15) is 0 Å². The number of hydrogen-bond acceptors (Lipinski definition) is 2. The van der Waals surface area contributed by atoms with Crippen molar-refractivity contribution in [2.45, 2.75) is 44.6 Å². The van der Waals surface area contributed by atoms with Gasteiger partial charge in [0.15, 0.2) is 0 Å². The largest absolute Gasteiger partial charge is 0.341 e. The Morgan fingerprint density at radius 2 is 1.67 bits per heavy atom. The van der Waals surface area contributed by atoms with Gasteiger partial charge in [0.2, 0.25) is 5.91 Å². The lowest BCUT2D eigenvalue weighted by molar-refractivity contribution is -0.135. The van der Waals surface area contributed by atoms with Gasteiger partial charge in [0, 0.05) is 13.1 Å². The van der Waals surface area contributed by atoms with Crippen LogP contribution in [0.25, 0.3) is 0 Å². The molecule has 0 aromatic heterocycles. The molecule has 1 unspecified atom stereocenters. The third kappa shape index (κ3) is 3.29. The zero-order valence-electron chi connectivity index (χ0n) is 13.0. The zero-order valence-corrected chi connectivity index (χ0v) is 13.0. The van der Waals surface area contributed by atoms with Crippen LogP contribution in [0.3, 0.4) is 0 Å². The molecule has 0 radical (unpaired) electrons. The van der Waals surface area contributed by atoms with Crippen LogP contribution in [0.5, 0.6) is 0 Å². The Morgan fingerprint density at radius 1 is 1.05 bits per heavy atom. The van der Waals surface area contributed by atoms with Crippen molar-refractivity contribution in [1.82, 2.24) is 9.80 Å². The van der Waals surface area contributed by atoms with Crippen molar-refractivity contribution in [3.63, 3.8) is 0 Å². The highest BCUT2D eigenvalue weighted by Gasteiger charge is 2.30. The molecule has 3 nitrogen and oxygen atoms in total. The molecule has 1 amide bonds. The van der Waals surface area contributed by atoms with E-state index in [9.17, 15) is 4.79 Å². The van der Waals surface area contributed by atoms with Crippen molar-refractivity contribution in [1.29, 1.82) is 0 Å². The lowest BCUT2D eigenvalue weighted by Gasteiger charge is -2.36. The first-order valence-electron chi connectivity index (χ1n) is 8.33. The monoisotopic (exact) mass is 286 g/mol. The molecule has 2 aliphatic heterocycles. The van der Waals surface area contributed by atoms with E-state index in [0.29, 0.717) is 11.8 Å². The van der Waals surface area contributed by atoms with Gasteiger partial charge in [-0.05, 0) is 57.2 Å². The highest BCUT2D eigenvalue weighted by Crippen LogP contribution is 2.29. The zero-order chi connectivity index (χ0) is 14.7. The highest BCUT2D eigenvalue weighted by atomic mass is 16.2. The average molecular weight is 286 g/mol. The normalized spacial score (nSPS) is 22.4. The van der Waals surface area contributed by atoms with Crippen molar-refractivity contribution < 1.29 is 4.79 Å². The number of amides is 1. The minimum Gasteiger partial charge on any atom is -0.341 e. The van der Waals surface area contributed by atoms with Gasteiger partial charge in [-0.15, -0.1) is 0 Å². The molecule has 1 aromatic rings. The summed E-state index contributed by atoms with van der Waals surface area (Å²) in [5.74, 6) is 1.00. The second-order valence-corrected chi connectivity index (χ2v) is 6.43. The second-order valence-electron chi connectivity index (χ2n) is 6.43. The van der Waals surface area contributed by atoms with Crippen LogP contribution in [0.1, 0.15) is 44.1 Å². The number of piperidine rings is 1. The molecule has 1 atom stereocenters. The fraction of sp³-hybridized carbons (Fsp3) is 0.611. The van der Waals surface area contributed by atoms with E-state index in [1.54, 1.807) is 0 Å². The molecule has 21 heavy (non-hydrogen) atoms. The van der Waals surface area contributed by atoms with Crippen molar-refractivity contribution in [2.24, 2.45) is 0 Å². The van der Waals surface area contributed by atoms with Crippen LogP contribution >= 0.6 is 0 Å². The Morgan fingerprint density at radius 3 is 2.29 bits per heavy atom. The SMILES string of the molecule is CC(C(=O)N1CCCC1)N1CCC(c2ccccc2)CC1. The minimum atomic E-state index is 0.0554. The Balaban J connectivity index is 1.54. The summed E-state index contributed by atoms with van der Waals surface area (Å²) in [6, 6.07) is 10.9. The maximum atomic E-state index is 12.5. The summed E-state index contributed by atoms with van der Waals surface area (Å²) in [5.41, 5.74) is 1.45. The van der Waals surface area contributed by atoms with E-state index in [1.165, 1.54) is 31.2 Å². The van der Waals surface area contributed by atoms with Gasteiger partial charge in [0.25, 0.3) is 0 Å². The first-order valence-corrected chi connectivity index (χ1v) is 8.33. The Hall–Kier alpha value is -1.35. The van der Waals surface area contributed by atoms with Crippen LogP contribution in [0.4, 0.5) is 0 Å². The maximum absolute atomic E-state index is 12.5. The number of benzene rings is 1. The number of carbonyl (C=O) groups excluding carboxylic acids is 1. The molecule has 3 rings (SSSR count). The van der Waals surface area contributed by atoms with E-state index in [0.717, 1.165) is 26.2 Å². The molecule has 0 saturated carbocycles. The van der Waals surface area contributed by atoms with Crippen LogP contribution in [-0.4, -0.2) is 47.9 Å². The first kappa shape index (κ1) is 14.6. The summed E-state index contributed by atoms with van der Waals surface area (Å²) in [6.07, 6.45) is 4.69. The van der Waals surface area contributed by atoms with Gasteiger partial charge < -0.3 is 4.90 Å². The predicted molar refractivity (Wildman–Crippen MR) is 85.3 cm³/mol. The number of rotatable bonds is 3. The third-order valence-electron chi connectivity index (χ3n) is 5.12. The lowest BCUT2D eigenvalue weighted by Crippen LogP contribution is -2.48. The molecule has 2 saturated heterocycles. The summed E-state index contributed by atoms with van der Waals surface area (Å²) in [4.78, 5) is 16.9. The topological polar surface area (TPSA) is 23.6 Å². The van der Waals surface area contributed by atoms with Crippen molar-refractivity contribution >= 4 is 5.91 Å². The molecule has 3 heteroatoms. The number of nitrogens with zero attached hydrogens (tertiary/aromatic N) is 2. The molecular weight excluding hydrogens is 260 g/mol. The Labute approximate surface area is 127 Å². The molecule has 2 fully saturated rings. The van der Waals surface area contributed by atoms with E-state index >= 15 is 0 Å². The number of hydrogen-bond donors (Lipinski definition) is 0. The molecule has 0 bridgehead atoms. The lowest BCUT2D eigenvalue weighted by atomic mass is 9.89. The third-order valence-corrected chi connectivity index (χ3v) is 5.12. The molecular formula is C18H26N2O. The van der Waals surface area contributed by atoms with Gasteiger partial charge in [-0.25, -0.2) is 0 Å². The second kappa shape index (κ2) is 6.61. The highest BCUT2D eigenvalue weighted by molar-refractivity contribution is 5.81. The predicted octanol–water partition coefficient (Wildman–Crippen LogP) is 2.88. The summed E-state index contributed by atoms with van der Waals surface area (Å²) in [7, 11) is 0. The molecule has 0 aliphatic carbocycles. The fourth-order valence-electron chi connectivity index (χ4n) is 3.70. The van der Waals surface area contributed by atoms with Crippen LogP contribution in [0, 0.1) is 0 Å². The Bertz CT molecular complexity index is 459. The van der Waals surface area contributed by atoms with Crippen LogP contribution < -0.4 is 0 Å². The van der Waals surface area contributed by atoms with E-state index in [1.807, 2.05) is 4.90 Å². The van der Waals surface area contributed by atoms with E-state index in [-0.39, 0.29) is 6.04 Å². The van der Waals surface area contributed by atoms with Gasteiger partial charge in [-0.1, -0.05) is 30.3 Å². The number of carbonyl (C=O) groups is 1. The van der Waals surface area contributed by atoms with Gasteiger partial charge in [0.1, 0.15) is 0 Å². The van der Waals surface area contributed by atoms with E-state index in [2.05, 4.69) is 42.2 Å². The summed E-state index contributed by atoms with van der Waals surface area (Å²) >= 11 is 0. The standard InChI is InChI=1S/C18H26N2O/c1-15(18(21)20-11-5-6-12-20)19-13-9-17(10-14-19)16-7-3-2-4-8-16/h2-4,7-8,15,17H,5-6,9-14H2,1H3. The van der Waals surface area contributed by atoms with E-state index in [4.69, 9.17) is 0 Å². The minimum absolute atomic E-state index is 0.0554. The molecule has 1 aromatic carbocycles. The molecule has 0 N–H and O–H groups in total. The van der Waals surface area contributed by atoms with E-state index < -0.39 is 0 Å². The van der Waals surface area contributed by atoms with Gasteiger partial charge in [-0.3, -0.25) is 9.69 Å². The van der Waals surface area contributed by atoms with Crippen molar-refractivity contribution in [3.05, 3.63) is 35.9 Å². The van der Waals surface area contributed by atoms with Crippen LogP contribution in [0.2, 0.25) is 0 Å².